The number of nitrogen functional groups attached to an aromatic ring is 1. The molecular formula is C10H14F3N3O2S. The zero-order chi connectivity index (χ0) is 14.7. The van der Waals surface area contributed by atoms with Gasteiger partial charge in [0.2, 0.25) is 10.0 Å². The predicted molar refractivity (Wildman–Crippen MR) is 66.0 cm³/mol. The first kappa shape index (κ1) is 15.5. The Hall–Kier alpha value is -1.51. The first-order valence-corrected chi connectivity index (χ1v) is 7.14. The highest BCUT2D eigenvalue weighted by Gasteiger charge is 2.31. The molecule has 0 amide bonds. The molecule has 1 aromatic rings. The van der Waals surface area contributed by atoms with Gasteiger partial charge < -0.3 is 5.73 Å². The molecule has 0 aromatic carbocycles. The van der Waals surface area contributed by atoms with Crippen LogP contribution in [-0.2, 0) is 16.2 Å². The minimum Gasteiger partial charge on any atom is -0.396 e. The molecule has 108 valence electrons. The number of anilines is 2. The second-order valence-electron chi connectivity index (χ2n) is 3.93. The maximum absolute atomic E-state index is 12.4. The third kappa shape index (κ3) is 4.58. The largest absolute Gasteiger partial charge is 0.417 e. The highest BCUT2D eigenvalue weighted by atomic mass is 32.2. The Labute approximate surface area is 109 Å². The topological polar surface area (TPSA) is 85.1 Å². The molecule has 0 aliphatic rings. The van der Waals surface area contributed by atoms with Crippen LogP contribution in [0, 0.1) is 0 Å². The number of rotatable bonds is 5. The van der Waals surface area contributed by atoms with Crippen molar-refractivity contribution in [3.8, 4) is 0 Å². The van der Waals surface area contributed by atoms with Gasteiger partial charge in [-0.2, -0.15) is 13.2 Å². The fourth-order valence-corrected chi connectivity index (χ4v) is 2.49. The molecule has 0 saturated carbocycles. The number of alkyl halides is 3. The lowest BCUT2D eigenvalue weighted by molar-refractivity contribution is -0.137. The molecule has 0 unspecified atom stereocenters. The molecule has 0 aliphatic carbocycles. The van der Waals surface area contributed by atoms with Gasteiger partial charge in [0.05, 0.1) is 17.0 Å². The SMILES string of the molecule is CCCCS(=O)(=O)Nc1ncc(C(F)(F)F)cc1N. The monoisotopic (exact) mass is 297 g/mol. The lowest BCUT2D eigenvalue weighted by atomic mass is 10.2. The van der Waals surface area contributed by atoms with E-state index in [4.69, 9.17) is 5.73 Å². The average Bonchev–Trinajstić information content (AvgIpc) is 2.27. The normalized spacial score (nSPS) is 12.4. The molecule has 1 aromatic heterocycles. The van der Waals surface area contributed by atoms with Crippen LogP contribution in [0.3, 0.4) is 0 Å². The highest BCUT2D eigenvalue weighted by Crippen LogP contribution is 2.31. The summed E-state index contributed by atoms with van der Waals surface area (Å²) in [5, 5.41) is 0. The molecule has 0 saturated heterocycles. The number of nitrogens with zero attached hydrogens (tertiary/aromatic N) is 1. The molecular weight excluding hydrogens is 283 g/mol. The van der Waals surface area contributed by atoms with Crippen LogP contribution in [0.5, 0.6) is 0 Å². The van der Waals surface area contributed by atoms with Crippen LogP contribution in [0.2, 0.25) is 0 Å². The van der Waals surface area contributed by atoms with E-state index in [0.29, 0.717) is 25.1 Å². The van der Waals surface area contributed by atoms with E-state index in [1.54, 1.807) is 0 Å². The summed E-state index contributed by atoms with van der Waals surface area (Å²) in [6.07, 6.45) is -2.92. The second kappa shape index (κ2) is 5.64. The van der Waals surface area contributed by atoms with Gasteiger partial charge in [0.15, 0.2) is 5.82 Å². The molecule has 0 spiro atoms. The van der Waals surface area contributed by atoms with E-state index in [9.17, 15) is 21.6 Å². The van der Waals surface area contributed by atoms with E-state index >= 15 is 0 Å². The number of hydrogen-bond donors (Lipinski definition) is 2. The quantitative estimate of drug-likeness (QED) is 0.872. The molecule has 3 N–H and O–H groups in total. The van der Waals surface area contributed by atoms with Crippen LogP contribution >= 0.6 is 0 Å². The van der Waals surface area contributed by atoms with Crippen molar-refractivity contribution in [3.63, 3.8) is 0 Å². The van der Waals surface area contributed by atoms with Gasteiger partial charge in [-0.25, -0.2) is 13.4 Å². The van der Waals surface area contributed by atoms with Gasteiger partial charge in [0.25, 0.3) is 0 Å². The Morgan fingerprint density at radius 1 is 1.42 bits per heavy atom. The van der Waals surface area contributed by atoms with Gasteiger partial charge in [-0.1, -0.05) is 13.3 Å². The summed E-state index contributed by atoms with van der Waals surface area (Å²) >= 11 is 0. The summed E-state index contributed by atoms with van der Waals surface area (Å²) in [6, 6.07) is 0.644. The second-order valence-corrected chi connectivity index (χ2v) is 5.78. The van der Waals surface area contributed by atoms with Crippen LogP contribution in [0.1, 0.15) is 25.3 Å². The molecule has 1 heterocycles. The maximum Gasteiger partial charge on any atom is 0.417 e. The number of nitrogens with one attached hydrogen (secondary N) is 1. The van der Waals surface area contributed by atoms with Crippen molar-refractivity contribution in [1.29, 1.82) is 0 Å². The van der Waals surface area contributed by atoms with Crippen LogP contribution in [0.15, 0.2) is 12.3 Å². The highest BCUT2D eigenvalue weighted by molar-refractivity contribution is 7.92. The Morgan fingerprint density at radius 2 is 2.05 bits per heavy atom. The third-order valence-corrected chi connectivity index (χ3v) is 3.59. The predicted octanol–water partition coefficient (Wildman–Crippen LogP) is 2.22. The lowest BCUT2D eigenvalue weighted by Gasteiger charge is -2.11. The lowest BCUT2D eigenvalue weighted by Crippen LogP contribution is -2.19. The fourth-order valence-electron chi connectivity index (χ4n) is 1.25. The van der Waals surface area contributed by atoms with E-state index < -0.39 is 21.8 Å². The third-order valence-electron chi connectivity index (χ3n) is 2.26. The van der Waals surface area contributed by atoms with E-state index in [2.05, 4.69) is 9.71 Å². The first-order valence-electron chi connectivity index (χ1n) is 5.49. The number of pyridine rings is 1. The smallest absolute Gasteiger partial charge is 0.396 e. The summed E-state index contributed by atoms with van der Waals surface area (Å²) in [5.41, 5.74) is 3.97. The molecule has 0 bridgehead atoms. The van der Waals surface area contributed by atoms with Gasteiger partial charge in [-0.15, -0.1) is 0 Å². The number of sulfonamides is 1. The molecule has 5 nitrogen and oxygen atoms in total. The summed E-state index contributed by atoms with van der Waals surface area (Å²) in [4.78, 5) is 3.40. The zero-order valence-electron chi connectivity index (χ0n) is 10.2. The fraction of sp³-hybridized carbons (Fsp3) is 0.500. The summed E-state index contributed by atoms with van der Waals surface area (Å²) in [7, 11) is -3.64. The number of aromatic nitrogens is 1. The zero-order valence-corrected chi connectivity index (χ0v) is 11.0. The van der Waals surface area contributed by atoms with E-state index in [1.807, 2.05) is 6.92 Å². The Kier molecular flexibility index (Phi) is 4.61. The summed E-state index contributed by atoms with van der Waals surface area (Å²) in [5.74, 6) is -0.421. The number of unbranched alkanes of at least 4 members (excludes halogenated alkanes) is 1. The van der Waals surface area contributed by atoms with Crippen molar-refractivity contribution < 1.29 is 21.6 Å². The standard InChI is InChI=1S/C10H14F3N3O2S/c1-2-3-4-19(17,18)16-9-8(14)5-7(6-15-9)10(11,12)13/h5-6H,2-4,14H2,1H3,(H,15,16). The molecule has 9 heteroatoms. The van der Waals surface area contributed by atoms with E-state index in [0.717, 1.165) is 0 Å². The van der Waals surface area contributed by atoms with Gasteiger partial charge >= 0.3 is 6.18 Å². The maximum atomic E-state index is 12.4. The van der Waals surface area contributed by atoms with Gasteiger partial charge in [-0.05, 0) is 12.5 Å². The molecule has 0 fully saturated rings. The Morgan fingerprint density at radius 3 is 2.53 bits per heavy atom. The van der Waals surface area contributed by atoms with Crippen LogP contribution in [0.25, 0.3) is 0 Å². The van der Waals surface area contributed by atoms with Crippen LogP contribution < -0.4 is 10.5 Å². The molecule has 0 atom stereocenters. The minimum atomic E-state index is -4.57. The van der Waals surface area contributed by atoms with Crippen molar-refractivity contribution in [1.82, 2.24) is 4.98 Å². The van der Waals surface area contributed by atoms with Crippen LogP contribution in [-0.4, -0.2) is 19.2 Å². The summed E-state index contributed by atoms with van der Waals surface area (Å²) < 4.78 is 62.3. The van der Waals surface area contributed by atoms with Crippen molar-refractivity contribution in [2.24, 2.45) is 0 Å². The number of hydrogen-bond acceptors (Lipinski definition) is 4. The van der Waals surface area contributed by atoms with Crippen molar-refractivity contribution in [3.05, 3.63) is 17.8 Å². The van der Waals surface area contributed by atoms with Crippen molar-refractivity contribution in [2.75, 3.05) is 16.2 Å². The van der Waals surface area contributed by atoms with Crippen molar-refractivity contribution in [2.45, 2.75) is 25.9 Å². The van der Waals surface area contributed by atoms with Gasteiger partial charge in [-0.3, -0.25) is 4.72 Å². The Bertz CT molecular complexity index is 543. The molecule has 1 rings (SSSR count). The van der Waals surface area contributed by atoms with Gasteiger partial charge in [0, 0.05) is 6.20 Å². The number of nitrogens with two attached hydrogens (primary N) is 1. The van der Waals surface area contributed by atoms with E-state index in [-0.39, 0.29) is 17.3 Å². The van der Waals surface area contributed by atoms with Crippen molar-refractivity contribution >= 4 is 21.5 Å². The number of halogens is 3. The van der Waals surface area contributed by atoms with E-state index in [1.165, 1.54) is 0 Å². The first-order chi connectivity index (χ1) is 8.65. The Balaban J connectivity index is 2.92. The molecule has 0 radical (unpaired) electrons. The van der Waals surface area contributed by atoms with Crippen LogP contribution in [0.4, 0.5) is 24.7 Å². The summed E-state index contributed by atoms with van der Waals surface area (Å²) in [6.45, 7) is 1.82. The minimum absolute atomic E-state index is 0.133. The average molecular weight is 297 g/mol. The molecule has 19 heavy (non-hydrogen) atoms. The molecule has 0 aliphatic heterocycles. The van der Waals surface area contributed by atoms with Gasteiger partial charge in [0.1, 0.15) is 0 Å².